The van der Waals surface area contributed by atoms with E-state index in [9.17, 15) is 21.6 Å². The van der Waals surface area contributed by atoms with Crippen molar-refractivity contribution in [3.8, 4) is 45.3 Å². The summed E-state index contributed by atoms with van der Waals surface area (Å²) in [6.07, 6.45) is -1.06. The molecule has 40 heavy (non-hydrogen) atoms. The van der Waals surface area contributed by atoms with Crippen molar-refractivity contribution in [2.75, 3.05) is 13.0 Å². The Bertz CT molecular complexity index is 1880. The lowest BCUT2D eigenvalue weighted by molar-refractivity contribution is -0.141. The maximum Gasteiger partial charge on any atom is 0.434 e. The van der Waals surface area contributed by atoms with E-state index in [0.717, 1.165) is 12.5 Å². The first kappa shape index (κ1) is 25.6. The van der Waals surface area contributed by atoms with Gasteiger partial charge in [-0.2, -0.15) is 13.2 Å². The first-order chi connectivity index (χ1) is 19.0. The highest BCUT2D eigenvalue weighted by Crippen LogP contribution is 2.38. The Balaban J connectivity index is 1.56. The van der Waals surface area contributed by atoms with Crippen LogP contribution in [0.25, 0.3) is 33.8 Å². The minimum Gasteiger partial charge on any atom is -0.454 e. The fourth-order valence-corrected chi connectivity index (χ4v) is 5.17. The van der Waals surface area contributed by atoms with Gasteiger partial charge in [-0.25, -0.2) is 18.1 Å². The quantitative estimate of drug-likeness (QED) is 0.286. The molecule has 0 saturated carbocycles. The van der Waals surface area contributed by atoms with E-state index in [0.29, 0.717) is 45.3 Å². The lowest BCUT2D eigenvalue weighted by Crippen LogP contribution is -2.07. The number of alkyl halides is 3. The van der Waals surface area contributed by atoms with Crippen LogP contribution in [-0.4, -0.2) is 46.0 Å². The number of ether oxygens (including phenoxy) is 2. The molecule has 0 amide bonds. The molecule has 5 aromatic rings. The van der Waals surface area contributed by atoms with Gasteiger partial charge in [0.15, 0.2) is 27.0 Å². The number of aromatic nitrogens is 5. The van der Waals surface area contributed by atoms with E-state index in [4.69, 9.17) is 9.47 Å². The number of nitrogens with zero attached hydrogens (tertiary/aromatic N) is 5. The summed E-state index contributed by atoms with van der Waals surface area (Å²) in [4.78, 5) is 3.85. The Kier molecular flexibility index (Phi) is 5.91. The van der Waals surface area contributed by atoms with Crippen LogP contribution in [0.15, 0.2) is 78.0 Å². The first-order valence-electron chi connectivity index (χ1n) is 11.9. The highest BCUT2D eigenvalue weighted by atomic mass is 32.2. The largest absolute Gasteiger partial charge is 0.454 e. The third-order valence-electron chi connectivity index (χ3n) is 6.45. The molecule has 0 fully saturated rings. The summed E-state index contributed by atoms with van der Waals surface area (Å²) in [6.45, 7) is 1.57. The molecule has 0 spiro atoms. The van der Waals surface area contributed by atoms with E-state index in [2.05, 4.69) is 15.3 Å². The highest BCUT2D eigenvalue weighted by Gasteiger charge is 2.35. The molecule has 13 heteroatoms. The molecule has 0 radical (unpaired) electrons. The van der Waals surface area contributed by atoms with E-state index in [1.807, 2.05) is 0 Å². The monoisotopic (exact) mass is 567 g/mol. The molecule has 3 aromatic carbocycles. The second kappa shape index (κ2) is 9.23. The van der Waals surface area contributed by atoms with Crippen molar-refractivity contribution in [3.63, 3.8) is 0 Å². The number of hydrogen-bond donors (Lipinski definition) is 0. The van der Waals surface area contributed by atoms with Gasteiger partial charge in [-0.05, 0) is 60.5 Å². The molecule has 0 saturated heterocycles. The average Bonchev–Trinajstić information content (AvgIpc) is 3.67. The standard InChI is InChI=1S/C27H20F3N5O4S/c1-16-32-26(27(28,29)30)14-34(16)21-8-6-18(17-4-3-5-20(10-17)40(2,36)37)11-22(21)35-23(13-31-33-35)19-7-9-24-25(12-19)39-15-38-24/h3-14H,15H2,1-2H3. The van der Waals surface area contributed by atoms with Crippen LogP contribution in [0.4, 0.5) is 13.2 Å². The first-order valence-corrected chi connectivity index (χ1v) is 13.8. The Labute approximate surface area is 226 Å². The Morgan fingerprint density at radius 1 is 0.900 bits per heavy atom. The molecule has 6 rings (SSSR count). The van der Waals surface area contributed by atoms with Gasteiger partial charge >= 0.3 is 6.18 Å². The molecule has 9 nitrogen and oxygen atoms in total. The molecule has 0 aliphatic carbocycles. The van der Waals surface area contributed by atoms with Crippen molar-refractivity contribution in [1.82, 2.24) is 24.5 Å². The van der Waals surface area contributed by atoms with Crippen LogP contribution < -0.4 is 9.47 Å². The van der Waals surface area contributed by atoms with Gasteiger partial charge in [-0.1, -0.05) is 23.4 Å². The van der Waals surface area contributed by atoms with Gasteiger partial charge in [-0.15, -0.1) is 5.10 Å². The Morgan fingerprint density at radius 3 is 2.40 bits per heavy atom. The third kappa shape index (κ3) is 4.57. The number of hydrogen-bond acceptors (Lipinski definition) is 7. The lowest BCUT2D eigenvalue weighted by Gasteiger charge is -2.16. The molecule has 1 aliphatic rings. The van der Waals surface area contributed by atoms with Gasteiger partial charge in [0, 0.05) is 18.0 Å². The van der Waals surface area contributed by atoms with Crippen LogP contribution in [0.1, 0.15) is 11.5 Å². The summed E-state index contributed by atoms with van der Waals surface area (Å²) in [5.41, 5.74) is 2.15. The topological polar surface area (TPSA) is 101 Å². The Hall–Kier alpha value is -4.65. The van der Waals surface area contributed by atoms with Gasteiger partial charge in [-0.3, -0.25) is 0 Å². The normalized spacial score (nSPS) is 13.1. The van der Waals surface area contributed by atoms with E-state index in [1.54, 1.807) is 54.6 Å². The van der Waals surface area contributed by atoms with Crippen LogP contribution >= 0.6 is 0 Å². The zero-order valence-corrected chi connectivity index (χ0v) is 21.9. The van der Waals surface area contributed by atoms with Gasteiger partial charge in [0.05, 0.1) is 28.2 Å². The van der Waals surface area contributed by atoms with E-state index >= 15 is 0 Å². The molecule has 204 valence electrons. The molecule has 0 bridgehead atoms. The summed E-state index contributed by atoms with van der Waals surface area (Å²) in [6, 6.07) is 16.8. The molecule has 0 atom stereocenters. The predicted octanol–water partition coefficient (Wildman–Crippen LogP) is 5.25. The number of benzene rings is 3. The molecule has 0 unspecified atom stereocenters. The second-order valence-electron chi connectivity index (χ2n) is 9.14. The van der Waals surface area contributed by atoms with Crippen LogP contribution in [-0.2, 0) is 16.0 Å². The van der Waals surface area contributed by atoms with Gasteiger partial charge in [0.2, 0.25) is 6.79 Å². The maximum absolute atomic E-state index is 13.5. The zero-order chi connectivity index (χ0) is 28.2. The van der Waals surface area contributed by atoms with Crippen LogP contribution in [0.5, 0.6) is 11.5 Å². The Morgan fingerprint density at radius 2 is 1.65 bits per heavy atom. The van der Waals surface area contributed by atoms with Crippen molar-refractivity contribution in [1.29, 1.82) is 0 Å². The molecular weight excluding hydrogens is 547 g/mol. The van der Waals surface area contributed by atoms with Crippen molar-refractivity contribution in [2.45, 2.75) is 18.0 Å². The summed E-state index contributed by atoms with van der Waals surface area (Å²) in [7, 11) is -3.47. The van der Waals surface area contributed by atoms with Gasteiger partial charge in [0.1, 0.15) is 5.82 Å². The number of halogens is 3. The number of rotatable bonds is 5. The highest BCUT2D eigenvalue weighted by molar-refractivity contribution is 7.90. The van der Waals surface area contributed by atoms with Crippen LogP contribution in [0, 0.1) is 6.92 Å². The number of sulfone groups is 1. The average molecular weight is 568 g/mol. The minimum absolute atomic E-state index is 0.0937. The number of aryl methyl sites for hydroxylation is 1. The molecule has 1 aliphatic heterocycles. The summed E-state index contributed by atoms with van der Waals surface area (Å²) >= 11 is 0. The van der Waals surface area contributed by atoms with Crippen molar-refractivity contribution >= 4 is 9.84 Å². The van der Waals surface area contributed by atoms with Crippen molar-refractivity contribution < 1.29 is 31.1 Å². The maximum atomic E-state index is 13.5. The SMILES string of the molecule is Cc1nc(C(F)(F)F)cn1-c1ccc(-c2cccc(S(C)(=O)=O)c2)cc1-n1nncc1-c1ccc2c(c1)OCO2. The third-order valence-corrected chi connectivity index (χ3v) is 7.56. The fraction of sp³-hybridized carbons (Fsp3) is 0.148. The van der Waals surface area contributed by atoms with E-state index < -0.39 is 21.7 Å². The smallest absolute Gasteiger partial charge is 0.434 e. The molecule has 0 N–H and O–H groups in total. The predicted molar refractivity (Wildman–Crippen MR) is 138 cm³/mol. The molecular formula is C27H20F3N5O4S. The number of fused-ring (bicyclic) bond motifs is 1. The minimum atomic E-state index is -4.63. The van der Waals surface area contributed by atoms with Gasteiger partial charge in [0.25, 0.3) is 0 Å². The molecule has 3 heterocycles. The van der Waals surface area contributed by atoms with Gasteiger partial charge < -0.3 is 14.0 Å². The summed E-state index contributed by atoms with van der Waals surface area (Å²) in [5, 5.41) is 8.34. The lowest BCUT2D eigenvalue weighted by atomic mass is 10.0. The zero-order valence-electron chi connectivity index (χ0n) is 21.0. The number of imidazole rings is 1. The molecule has 2 aromatic heterocycles. The fourth-order valence-electron chi connectivity index (χ4n) is 4.50. The van der Waals surface area contributed by atoms with Crippen LogP contribution in [0.3, 0.4) is 0 Å². The second-order valence-corrected chi connectivity index (χ2v) is 11.2. The van der Waals surface area contributed by atoms with E-state index in [1.165, 1.54) is 28.4 Å². The summed E-state index contributed by atoms with van der Waals surface area (Å²) in [5.74, 6) is 1.24. The van der Waals surface area contributed by atoms with Crippen molar-refractivity contribution in [3.05, 3.63) is 84.6 Å². The van der Waals surface area contributed by atoms with Crippen molar-refractivity contribution in [2.24, 2.45) is 0 Å². The van der Waals surface area contributed by atoms with Crippen LogP contribution in [0.2, 0.25) is 0 Å². The van der Waals surface area contributed by atoms with E-state index in [-0.39, 0.29) is 17.5 Å². The summed E-state index contributed by atoms with van der Waals surface area (Å²) < 4.78 is 78.6.